The van der Waals surface area contributed by atoms with Crippen molar-refractivity contribution >= 4 is 16.8 Å². The highest BCUT2D eigenvalue weighted by atomic mass is 19.1. The van der Waals surface area contributed by atoms with E-state index in [0.717, 1.165) is 6.42 Å². The molecule has 6 heteroatoms. The first kappa shape index (κ1) is 12.5. The third-order valence-electron chi connectivity index (χ3n) is 2.74. The number of hydrogen-bond donors (Lipinski definition) is 1. The van der Waals surface area contributed by atoms with Crippen molar-refractivity contribution in [3.8, 4) is 5.88 Å². The van der Waals surface area contributed by atoms with Crippen LogP contribution in [0.25, 0.3) is 11.0 Å². The number of carbonyl (C=O) groups is 1. The topological polar surface area (TPSA) is 67.9 Å². The van der Waals surface area contributed by atoms with Gasteiger partial charge < -0.3 is 9.72 Å². The molecule has 18 heavy (non-hydrogen) atoms. The monoisotopic (exact) mass is 251 g/mol. The van der Waals surface area contributed by atoms with Gasteiger partial charge in [0.25, 0.3) is 0 Å². The molecule has 0 spiro atoms. The number of H-pyrrole nitrogens is 1. The molecule has 0 saturated heterocycles. The molecule has 0 aliphatic rings. The Hall–Kier alpha value is -1.98. The summed E-state index contributed by atoms with van der Waals surface area (Å²) in [5, 5.41) is 0.445. The second kappa shape index (κ2) is 5.12. The minimum Gasteiger partial charge on any atom is -0.474 e. The molecule has 0 amide bonds. The fraction of sp³-hybridized carbons (Fsp3) is 0.417. The van der Waals surface area contributed by atoms with Gasteiger partial charge in [0.2, 0.25) is 5.88 Å². The number of nitrogens with zero attached hydrogens (tertiary/aromatic N) is 2. The molecule has 2 aromatic heterocycles. The lowest BCUT2D eigenvalue weighted by Crippen LogP contribution is -2.12. The predicted octanol–water partition coefficient (Wildman–Crippen LogP) is 2.29. The molecule has 2 aromatic rings. The number of carbonyl (C=O) groups excluding carboxylic acids is 1. The lowest BCUT2D eigenvalue weighted by atomic mass is 10.1. The van der Waals surface area contributed by atoms with E-state index < -0.39 is 12.5 Å². The normalized spacial score (nSPS) is 12.6. The zero-order valence-electron chi connectivity index (χ0n) is 10.2. The van der Waals surface area contributed by atoms with Gasteiger partial charge in [0.15, 0.2) is 12.5 Å². The third kappa shape index (κ3) is 2.18. The summed E-state index contributed by atoms with van der Waals surface area (Å²) < 4.78 is 18.1. The molecule has 1 N–H and O–H groups in total. The molecule has 0 radical (unpaired) electrons. The maximum atomic E-state index is 12.5. The van der Waals surface area contributed by atoms with E-state index in [4.69, 9.17) is 4.74 Å². The Bertz CT molecular complexity index is 567. The first-order valence-corrected chi connectivity index (χ1v) is 5.75. The number of hydrogen-bond acceptors (Lipinski definition) is 4. The Balaban J connectivity index is 2.52. The summed E-state index contributed by atoms with van der Waals surface area (Å²) in [6.45, 7) is 2.83. The van der Waals surface area contributed by atoms with E-state index in [9.17, 15) is 9.18 Å². The van der Waals surface area contributed by atoms with Crippen LogP contribution < -0.4 is 4.74 Å². The first-order valence-electron chi connectivity index (χ1n) is 5.75. The van der Waals surface area contributed by atoms with Crippen molar-refractivity contribution in [2.75, 3.05) is 6.67 Å². The van der Waals surface area contributed by atoms with Gasteiger partial charge in [0.1, 0.15) is 12.0 Å². The second-order valence-electron chi connectivity index (χ2n) is 4.00. The van der Waals surface area contributed by atoms with Crippen molar-refractivity contribution in [1.29, 1.82) is 0 Å². The van der Waals surface area contributed by atoms with E-state index in [-0.39, 0.29) is 11.7 Å². The number of rotatable bonds is 5. The Labute approximate surface area is 103 Å². The maximum absolute atomic E-state index is 12.5. The molecular weight excluding hydrogens is 237 g/mol. The molecule has 1 atom stereocenters. The van der Waals surface area contributed by atoms with Gasteiger partial charge in [-0.1, -0.05) is 6.92 Å². The SMILES string of the molecule is CCC(C)Oc1ncnc2[nH]cc(C(=O)CF)c12. The fourth-order valence-electron chi connectivity index (χ4n) is 1.59. The third-order valence-corrected chi connectivity index (χ3v) is 2.74. The Kier molecular flexibility index (Phi) is 3.55. The second-order valence-corrected chi connectivity index (χ2v) is 4.00. The van der Waals surface area contributed by atoms with Gasteiger partial charge in [0.05, 0.1) is 17.1 Å². The molecule has 0 aliphatic heterocycles. The first-order chi connectivity index (χ1) is 8.67. The number of aromatic amines is 1. The van der Waals surface area contributed by atoms with Crippen LogP contribution in [0.2, 0.25) is 0 Å². The number of ether oxygens (including phenoxy) is 1. The summed E-state index contributed by atoms with van der Waals surface area (Å²) in [6, 6.07) is 0. The Morgan fingerprint density at radius 2 is 2.33 bits per heavy atom. The van der Waals surface area contributed by atoms with Crippen LogP contribution in [-0.2, 0) is 0 Å². The highest BCUT2D eigenvalue weighted by molar-refractivity contribution is 6.09. The molecule has 5 nitrogen and oxygen atoms in total. The van der Waals surface area contributed by atoms with E-state index in [1.165, 1.54) is 12.5 Å². The van der Waals surface area contributed by atoms with Crippen molar-refractivity contribution in [2.45, 2.75) is 26.4 Å². The van der Waals surface area contributed by atoms with Crippen LogP contribution in [0, 0.1) is 0 Å². The number of halogens is 1. The van der Waals surface area contributed by atoms with Crippen LogP contribution in [0.1, 0.15) is 30.6 Å². The van der Waals surface area contributed by atoms with E-state index in [1.54, 1.807) is 0 Å². The van der Waals surface area contributed by atoms with Crippen molar-refractivity contribution in [3.63, 3.8) is 0 Å². The predicted molar refractivity (Wildman–Crippen MR) is 64.6 cm³/mol. The van der Waals surface area contributed by atoms with Crippen molar-refractivity contribution in [3.05, 3.63) is 18.1 Å². The Morgan fingerprint density at radius 3 is 3.00 bits per heavy atom. The van der Waals surface area contributed by atoms with E-state index in [0.29, 0.717) is 16.9 Å². The molecule has 1 unspecified atom stereocenters. The number of Topliss-reactive ketones (excluding diaryl/α,β-unsaturated/α-hetero) is 1. The van der Waals surface area contributed by atoms with Gasteiger partial charge in [-0.25, -0.2) is 14.4 Å². The number of aromatic nitrogens is 3. The molecular formula is C12H14FN3O2. The van der Waals surface area contributed by atoms with Crippen molar-refractivity contribution in [2.24, 2.45) is 0 Å². The standard InChI is InChI=1S/C12H14FN3O2/c1-3-7(2)18-12-10-8(9(17)4-13)5-14-11(10)15-6-16-12/h5-7H,3-4H2,1-2H3,(H,14,15,16). The summed E-state index contributed by atoms with van der Waals surface area (Å²) in [6.07, 6.45) is 3.55. The van der Waals surface area contributed by atoms with Crippen LogP contribution >= 0.6 is 0 Å². The largest absolute Gasteiger partial charge is 0.474 e. The number of ketones is 1. The summed E-state index contributed by atoms with van der Waals surface area (Å²) in [5.74, 6) is -0.294. The molecule has 2 rings (SSSR count). The zero-order valence-corrected chi connectivity index (χ0v) is 10.2. The van der Waals surface area contributed by atoms with E-state index in [1.807, 2.05) is 13.8 Å². The van der Waals surface area contributed by atoms with Crippen LogP contribution in [0.15, 0.2) is 12.5 Å². The highest BCUT2D eigenvalue weighted by Gasteiger charge is 2.18. The average Bonchev–Trinajstić information content (AvgIpc) is 2.82. The highest BCUT2D eigenvalue weighted by Crippen LogP contribution is 2.26. The molecule has 96 valence electrons. The number of alkyl halides is 1. The van der Waals surface area contributed by atoms with Crippen LogP contribution in [-0.4, -0.2) is 33.5 Å². The summed E-state index contributed by atoms with van der Waals surface area (Å²) in [5.41, 5.74) is 0.700. The quantitative estimate of drug-likeness (QED) is 0.828. The molecule has 0 bridgehead atoms. The lowest BCUT2D eigenvalue weighted by molar-refractivity contribution is 0.0960. The number of fused-ring (bicyclic) bond motifs is 1. The maximum Gasteiger partial charge on any atom is 0.227 e. The molecule has 0 saturated carbocycles. The van der Waals surface area contributed by atoms with Gasteiger partial charge in [-0.2, -0.15) is 0 Å². The van der Waals surface area contributed by atoms with Gasteiger partial charge in [-0.05, 0) is 13.3 Å². The fourth-order valence-corrected chi connectivity index (χ4v) is 1.59. The Morgan fingerprint density at radius 1 is 1.56 bits per heavy atom. The zero-order chi connectivity index (χ0) is 13.1. The smallest absolute Gasteiger partial charge is 0.227 e. The average molecular weight is 251 g/mol. The molecule has 2 heterocycles. The molecule has 0 aliphatic carbocycles. The molecule has 0 aromatic carbocycles. The van der Waals surface area contributed by atoms with Gasteiger partial charge in [0, 0.05) is 6.20 Å². The van der Waals surface area contributed by atoms with Gasteiger partial charge in [-0.3, -0.25) is 4.79 Å². The minimum atomic E-state index is -1.05. The summed E-state index contributed by atoms with van der Waals surface area (Å²) >= 11 is 0. The van der Waals surface area contributed by atoms with Gasteiger partial charge in [-0.15, -0.1) is 0 Å². The van der Waals surface area contributed by atoms with E-state index in [2.05, 4.69) is 15.0 Å². The van der Waals surface area contributed by atoms with Crippen molar-refractivity contribution < 1.29 is 13.9 Å². The van der Waals surface area contributed by atoms with Crippen LogP contribution in [0.4, 0.5) is 4.39 Å². The summed E-state index contributed by atoms with van der Waals surface area (Å²) in [4.78, 5) is 22.3. The molecule has 0 fully saturated rings. The number of nitrogens with one attached hydrogen (secondary N) is 1. The van der Waals surface area contributed by atoms with Gasteiger partial charge >= 0.3 is 0 Å². The van der Waals surface area contributed by atoms with Crippen LogP contribution in [0.3, 0.4) is 0 Å². The lowest BCUT2D eigenvalue weighted by Gasteiger charge is -2.12. The summed E-state index contributed by atoms with van der Waals surface area (Å²) in [7, 11) is 0. The van der Waals surface area contributed by atoms with E-state index >= 15 is 0 Å². The minimum absolute atomic E-state index is 0.0358. The van der Waals surface area contributed by atoms with Crippen LogP contribution in [0.5, 0.6) is 5.88 Å². The van der Waals surface area contributed by atoms with Crippen molar-refractivity contribution in [1.82, 2.24) is 15.0 Å².